The number of sulfonamides is 1. The molecular formula is C32H36F3N3O6S. The van der Waals surface area contributed by atoms with Crippen LogP contribution in [0, 0.1) is 19.8 Å². The number of benzene rings is 3. The van der Waals surface area contributed by atoms with Crippen molar-refractivity contribution in [2.45, 2.75) is 30.8 Å². The van der Waals surface area contributed by atoms with E-state index in [-0.39, 0.29) is 29.8 Å². The molecule has 2 aliphatic rings. The first-order valence-electron chi connectivity index (χ1n) is 14.3. The smallest absolute Gasteiger partial charge is 0.490 e. The van der Waals surface area contributed by atoms with Crippen LogP contribution in [-0.4, -0.2) is 87.2 Å². The fourth-order valence-electron chi connectivity index (χ4n) is 5.63. The van der Waals surface area contributed by atoms with E-state index in [2.05, 4.69) is 36.9 Å². The van der Waals surface area contributed by atoms with Gasteiger partial charge in [-0.25, -0.2) is 13.2 Å². The number of halogens is 3. The van der Waals surface area contributed by atoms with Gasteiger partial charge < -0.3 is 19.6 Å². The van der Waals surface area contributed by atoms with Crippen LogP contribution in [0.25, 0.3) is 0 Å². The lowest BCUT2D eigenvalue weighted by Crippen LogP contribution is -2.51. The van der Waals surface area contributed by atoms with Gasteiger partial charge in [-0.1, -0.05) is 48.5 Å². The van der Waals surface area contributed by atoms with Gasteiger partial charge in [-0.2, -0.15) is 17.5 Å². The van der Waals surface area contributed by atoms with Gasteiger partial charge in [0.25, 0.3) is 0 Å². The number of aliphatic carboxylic acids is 1. The summed E-state index contributed by atoms with van der Waals surface area (Å²) in [5.74, 6) is -2.89. The number of rotatable bonds is 6. The van der Waals surface area contributed by atoms with Crippen molar-refractivity contribution in [1.29, 1.82) is 0 Å². The minimum absolute atomic E-state index is 0.0304. The van der Waals surface area contributed by atoms with Crippen molar-refractivity contribution >= 4 is 27.6 Å². The number of nitrogens with zero attached hydrogens (tertiary/aromatic N) is 3. The first-order valence-corrected chi connectivity index (χ1v) is 15.8. The minimum Gasteiger partial charge on any atom is -0.497 e. The molecule has 1 amide bonds. The fourth-order valence-corrected chi connectivity index (χ4v) is 7.15. The number of alkyl halides is 3. The fraction of sp³-hybridized carbons (Fsp3) is 0.375. The Morgan fingerprint density at radius 2 is 1.53 bits per heavy atom. The predicted molar refractivity (Wildman–Crippen MR) is 163 cm³/mol. The van der Waals surface area contributed by atoms with Crippen LogP contribution in [0.15, 0.2) is 77.7 Å². The number of carbonyl (C=O) groups is 2. The number of carboxylic acids is 1. The lowest BCUT2D eigenvalue weighted by atomic mass is 9.88. The number of carboxylic acid groups (broad SMARTS) is 1. The molecule has 0 aromatic heterocycles. The molecule has 5 rings (SSSR count). The maximum Gasteiger partial charge on any atom is 0.490 e. The van der Waals surface area contributed by atoms with Crippen LogP contribution in [0.4, 0.5) is 18.9 Å². The average molecular weight is 648 g/mol. The summed E-state index contributed by atoms with van der Waals surface area (Å²) >= 11 is 0. The van der Waals surface area contributed by atoms with Gasteiger partial charge in [0.05, 0.1) is 17.9 Å². The average Bonchev–Trinajstić information content (AvgIpc) is 3.49. The van der Waals surface area contributed by atoms with Gasteiger partial charge in [0.1, 0.15) is 5.75 Å². The van der Waals surface area contributed by atoms with Crippen LogP contribution >= 0.6 is 0 Å². The lowest BCUT2D eigenvalue weighted by Gasteiger charge is -2.38. The van der Waals surface area contributed by atoms with Gasteiger partial charge >= 0.3 is 12.1 Å². The number of carbonyl (C=O) groups excluding carboxylic acids is 1. The van der Waals surface area contributed by atoms with E-state index in [1.165, 1.54) is 34.3 Å². The number of anilines is 1. The molecule has 0 bridgehead atoms. The lowest BCUT2D eigenvalue weighted by molar-refractivity contribution is -0.192. The Morgan fingerprint density at radius 1 is 0.889 bits per heavy atom. The molecule has 0 spiro atoms. The molecule has 2 aliphatic heterocycles. The van der Waals surface area contributed by atoms with Crippen LogP contribution in [0.1, 0.15) is 22.6 Å². The zero-order valence-electron chi connectivity index (χ0n) is 25.2. The summed E-state index contributed by atoms with van der Waals surface area (Å²) in [5.41, 5.74) is 4.66. The molecule has 9 nitrogen and oxygen atoms in total. The molecule has 2 saturated heterocycles. The quantitative estimate of drug-likeness (QED) is 0.414. The van der Waals surface area contributed by atoms with Gasteiger partial charge in [-0.15, -0.1) is 0 Å². The molecule has 0 unspecified atom stereocenters. The monoisotopic (exact) mass is 647 g/mol. The van der Waals surface area contributed by atoms with Crippen molar-refractivity contribution in [3.8, 4) is 5.75 Å². The minimum atomic E-state index is -5.08. The summed E-state index contributed by atoms with van der Waals surface area (Å²) in [7, 11) is -2.27. The zero-order valence-corrected chi connectivity index (χ0v) is 26.0. The number of hydrogen-bond donors (Lipinski definition) is 1. The number of ether oxygens (including phenoxy) is 1. The van der Waals surface area contributed by atoms with Crippen LogP contribution in [0.2, 0.25) is 0 Å². The highest BCUT2D eigenvalue weighted by atomic mass is 32.2. The summed E-state index contributed by atoms with van der Waals surface area (Å²) in [5, 5.41) is 7.12. The molecule has 3 aromatic rings. The number of methoxy groups -OCH3 is 1. The number of amides is 1. The molecule has 0 aliphatic carbocycles. The number of piperazine rings is 1. The highest BCUT2D eigenvalue weighted by molar-refractivity contribution is 7.89. The van der Waals surface area contributed by atoms with E-state index in [1.54, 1.807) is 18.2 Å². The second-order valence-corrected chi connectivity index (χ2v) is 13.0. The number of aryl methyl sites for hydroxylation is 2. The van der Waals surface area contributed by atoms with E-state index in [0.717, 1.165) is 18.7 Å². The molecule has 242 valence electrons. The first kappa shape index (κ1) is 33.8. The molecule has 2 heterocycles. The van der Waals surface area contributed by atoms with Crippen molar-refractivity contribution in [2.75, 3.05) is 51.3 Å². The molecule has 3 aromatic carbocycles. The molecule has 13 heteroatoms. The summed E-state index contributed by atoms with van der Waals surface area (Å²) in [6.07, 6.45) is -5.08. The maximum atomic E-state index is 13.9. The summed E-state index contributed by atoms with van der Waals surface area (Å²) in [6.45, 7) is 7.39. The highest BCUT2D eigenvalue weighted by Gasteiger charge is 2.45. The van der Waals surface area contributed by atoms with E-state index >= 15 is 0 Å². The van der Waals surface area contributed by atoms with E-state index in [9.17, 15) is 26.4 Å². The van der Waals surface area contributed by atoms with E-state index in [1.807, 2.05) is 35.2 Å². The molecule has 0 radical (unpaired) electrons. The SMILES string of the molecule is COc1cccc(S(=O)(=O)N2C[C@H](c3ccccc3)[C@H](C(=O)N3CCN(c4cc(C)ccc4C)CC3)C2)c1.O=C(O)C(F)(F)F. The van der Waals surface area contributed by atoms with Crippen LogP contribution in [-0.2, 0) is 19.6 Å². The highest BCUT2D eigenvalue weighted by Crippen LogP contribution is 2.37. The Morgan fingerprint density at radius 3 is 2.13 bits per heavy atom. The van der Waals surface area contributed by atoms with Crippen LogP contribution in [0.5, 0.6) is 5.75 Å². The Bertz CT molecular complexity index is 1610. The second kappa shape index (κ2) is 13.9. The molecular weight excluding hydrogens is 611 g/mol. The van der Waals surface area contributed by atoms with Crippen LogP contribution < -0.4 is 9.64 Å². The summed E-state index contributed by atoms with van der Waals surface area (Å²) < 4.78 is 65.7. The Hall–Kier alpha value is -4.10. The summed E-state index contributed by atoms with van der Waals surface area (Å²) in [4.78, 5) is 27.3. The van der Waals surface area contributed by atoms with Crippen molar-refractivity contribution in [3.05, 3.63) is 89.5 Å². The third kappa shape index (κ3) is 7.95. The first-order chi connectivity index (χ1) is 21.2. The Balaban J connectivity index is 0.000000591. The Labute approximate surface area is 260 Å². The van der Waals surface area contributed by atoms with Crippen molar-refractivity contribution in [3.63, 3.8) is 0 Å². The van der Waals surface area contributed by atoms with Gasteiger partial charge in [0.2, 0.25) is 15.9 Å². The van der Waals surface area contributed by atoms with Crippen molar-refractivity contribution in [1.82, 2.24) is 9.21 Å². The van der Waals surface area contributed by atoms with E-state index < -0.39 is 28.1 Å². The maximum absolute atomic E-state index is 13.9. The van der Waals surface area contributed by atoms with Gasteiger partial charge in [-0.3, -0.25) is 4.79 Å². The van der Waals surface area contributed by atoms with Crippen molar-refractivity contribution in [2.24, 2.45) is 5.92 Å². The van der Waals surface area contributed by atoms with Gasteiger partial charge in [0.15, 0.2) is 0 Å². The van der Waals surface area contributed by atoms with Gasteiger partial charge in [0, 0.05) is 56.9 Å². The second-order valence-electron chi connectivity index (χ2n) is 11.0. The van der Waals surface area contributed by atoms with Crippen molar-refractivity contribution < 1.29 is 41.0 Å². The molecule has 2 atom stereocenters. The summed E-state index contributed by atoms with van der Waals surface area (Å²) in [6, 6.07) is 22.8. The van der Waals surface area contributed by atoms with Gasteiger partial charge in [-0.05, 0) is 48.7 Å². The molecule has 2 fully saturated rings. The standard InChI is InChI=1S/C30H35N3O4S.C2HF3O2/c1-22-12-13-23(2)29(18-22)31-14-16-32(17-15-31)30(34)28-21-33(20-27(28)24-8-5-4-6-9-24)38(35,36)26-11-7-10-25(19-26)37-3;3-2(4,5)1(6)7/h4-13,18-19,27-28H,14-17,20-21H2,1-3H3;(H,6,7)/t27-,28-;/m1./s1. The van der Waals surface area contributed by atoms with Crippen LogP contribution in [0.3, 0.4) is 0 Å². The third-order valence-corrected chi connectivity index (χ3v) is 9.88. The third-order valence-electron chi connectivity index (χ3n) is 8.05. The van der Waals surface area contributed by atoms with E-state index in [4.69, 9.17) is 14.6 Å². The van der Waals surface area contributed by atoms with E-state index in [0.29, 0.717) is 18.8 Å². The normalized spacial score (nSPS) is 19.1. The topological polar surface area (TPSA) is 107 Å². The molecule has 1 N–H and O–H groups in total. The Kier molecular flexibility index (Phi) is 10.4. The molecule has 0 saturated carbocycles. The largest absolute Gasteiger partial charge is 0.497 e. The zero-order chi connectivity index (χ0) is 32.9. The number of hydrogen-bond acceptors (Lipinski definition) is 6. The molecule has 45 heavy (non-hydrogen) atoms. The predicted octanol–water partition coefficient (Wildman–Crippen LogP) is 4.70.